The second-order valence-electron chi connectivity index (χ2n) is 7.87. The van der Waals surface area contributed by atoms with E-state index in [0.717, 1.165) is 31.4 Å². The summed E-state index contributed by atoms with van der Waals surface area (Å²) in [6.45, 7) is 9.22. The lowest BCUT2D eigenvalue weighted by molar-refractivity contribution is -0.134. The van der Waals surface area contributed by atoms with Gasteiger partial charge in [0.25, 0.3) is 0 Å². The number of carbonyl (C=O) groups is 3. The molecule has 1 aromatic carbocycles. The van der Waals surface area contributed by atoms with Crippen molar-refractivity contribution in [1.29, 1.82) is 0 Å². The molecule has 2 rings (SSSR count). The number of ketones is 1. The summed E-state index contributed by atoms with van der Waals surface area (Å²) >= 11 is 0. The first kappa shape index (κ1) is 23.6. The van der Waals surface area contributed by atoms with Crippen LogP contribution in [0.2, 0.25) is 0 Å². The van der Waals surface area contributed by atoms with Gasteiger partial charge >= 0.3 is 11.9 Å². The monoisotopic (exact) mass is 389 g/mol. The number of benzene rings is 1. The van der Waals surface area contributed by atoms with Crippen LogP contribution in [0.25, 0.3) is 0 Å². The van der Waals surface area contributed by atoms with E-state index >= 15 is 0 Å². The Kier molecular flexibility index (Phi) is 9.06. The molecule has 6 nitrogen and oxygen atoms in total. The highest BCUT2D eigenvalue weighted by Crippen LogP contribution is 2.35. The number of fused-ring (bicyclic) bond motifs is 1. The first-order valence-electron chi connectivity index (χ1n) is 9.61. The third kappa shape index (κ3) is 7.27. The number of aliphatic carboxylic acids is 2. The fourth-order valence-electron chi connectivity index (χ4n) is 3.15. The second kappa shape index (κ2) is 10.8. The zero-order valence-electron chi connectivity index (χ0n) is 17.1. The highest BCUT2D eigenvalue weighted by molar-refractivity contribution is 6.01. The molecule has 0 amide bonds. The number of hydrogen-bond donors (Lipinski definition) is 3. The Balaban J connectivity index is 0.000000416. The molecule has 0 bridgehead atoms. The molecular formula is C22H31NO5. The number of rotatable bonds is 6. The molecule has 1 aromatic rings. The lowest BCUT2D eigenvalue weighted by atomic mass is 9.78. The van der Waals surface area contributed by atoms with Crippen LogP contribution < -0.4 is 5.32 Å². The van der Waals surface area contributed by atoms with Gasteiger partial charge in [-0.1, -0.05) is 45.9 Å². The van der Waals surface area contributed by atoms with Crippen LogP contribution >= 0.6 is 0 Å². The van der Waals surface area contributed by atoms with Gasteiger partial charge in [-0.15, -0.1) is 0 Å². The molecule has 0 saturated heterocycles. The van der Waals surface area contributed by atoms with E-state index in [2.05, 4.69) is 18.3 Å². The fraction of sp³-hybridized carbons (Fsp3) is 0.500. The number of carboxylic acid groups (broad SMARTS) is 2. The lowest BCUT2D eigenvalue weighted by Gasteiger charge is -2.30. The summed E-state index contributed by atoms with van der Waals surface area (Å²) in [6.07, 6.45) is 5.69. The minimum Gasteiger partial charge on any atom is -0.478 e. The van der Waals surface area contributed by atoms with Gasteiger partial charge in [-0.25, -0.2) is 9.59 Å². The predicted octanol–water partition coefficient (Wildman–Crippen LogP) is 4.00. The van der Waals surface area contributed by atoms with Crippen LogP contribution in [0.15, 0.2) is 30.4 Å². The minimum absolute atomic E-state index is 0.263. The summed E-state index contributed by atoms with van der Waals surface area (Å²) in [5.74, 6) is -2.25. The van der Waals surface area contributed by atoms with E-state index in [4.69, 9.17) is 10.2 Å². The Morgan fingerprint density at radius 2 is 1.75 bits per heavy atom. The summed E-state index contributed by atoms with van der Waals surface area (Å²) in [6, 6.07) is 6.59. The lowest BCUT2D eigenvalue weighted by Crippen LogP contribution is -2.30. The van der Waals surface area contributed by atoms with Crippen LogP contribution in [0.1, 0.15) is 74.5 Å². The zero-order chi connectivity index (χ0) is 21.3. The quantitative estimate of drug-likeness (QED) is 0.502. The summed E-state index contributed by atoms with van der Waals surface area (Å²) in [5.41, 5.74) is 3.25. The van der Waals surface area contributed by atoms with E-state index in [9.17, 15) is 14.4 Å². The first-order valence-corrected chi connectivity index (χ1v) is 9.61. The van der Waals surface area contributed by atoms with E-state index in [0.29, 0.717) is 18.2 Å². The molecular weight excluding hydrogens is 358 g/mol. The summed E-state index contributed by atoms with van der Waals surface area (Å²) < 4.78 is 0. The molecule has 154 valence electrons. The van der Waals surface area contributed by atoms with E-state index in [1.807, 2.05) is 32.9 Å². The summed E-state index contributed by atoms with van der Waals surface area (Å²) in [5, 5.41) is 19.2. The maximum atomic E-state index is 12.7. The van der Waals surface area contributed by atoms with Gasteiger partial charge in [0.15, 0.2) is 5.78 Å². The maximum Gasteiger partial charge on any atom is 0.328 e. The summed E-state index contributed by atoms with van der Waals surface area (Å²) in [4.78, 5) is 31.8. The molecule has 1 unspecified atom stereocenters. The Morgan fingerprint density at radius 1 is 1.14 bits per heavy atom. The van der Waals surface area contributed by atoms with Gasteiger partial charge in [0.05, 0.1) is 0 Å². The molecule has 1 aliphatic carbocycles. The normalized spacial score (nSPS) is 16.1. The van der Waals surface area contributed by atoms with Crippen LogP contribution in [0, 0.1) is 5.41 Å². The van der Waals surface area contributed by atoms with E-state index < -0.39 is 11.9 Å². The second-order valence-corrected chi connectivity index (χ2v) is 7.87. The van der Waals surface area contributed by atoms with Crippen molar-refractivity contribution in [1.82, 2.24) is 5.32 Å². The van der Waals surface area contributed by atoms with Crippen molar-refractivity contribution in [3.63, 3.8) is 0 Å². The van der Waals surface area contributed by atoms with Crippen molar-refractivity contribution in [3.05, 3.63) is 47.0 Å². The number of hydrogen-bond acceptors (Lipinski definition) is 4. The molecule has 0 heterocycles. The highest BCUT2D eigenvalue weighted by Gasteiger charge is 2.30. The van der Waals surface area contributed by atoms with Crippen LogP contribution in [0.4, 0.5) is 0 Å². The standard InChI is InChI=1S/C18H27NO.C4H4O4/c1-5-12-19-15-11-7-9-13-8-6-10-14(16(13)15)17(20)18(2,3)4;5-3(6)1-2-4(7)8/h6,8,10,15,19H,5,7,9,11-12H2,1-4H3;1-2H,(H,5,6)(H,7,8)/b;2-1-. The van der Waals surface area contributed by atoms with Crippen molar-refractivity contribution < 1.29 is 24.6 Å². The SMILES string of the molecule is CCCNC1CCCc2cccc(C(=O)C(C)(C)C)c21.O=C(O)/C=C\C(=O)O. The number of nitrogens with one attached hydrogen (secondary N) is 1. The molecule has 3 N–H and O–H groups in total. The zero-order valence-corrected chi connectivity index (χ0v) is 17.1. The Hall–Kier alpha value is -2.47. The average Bonchev–Trinajstić information content (AvgIpc) is 2.63. The van der Waals surface area contributed by atoms with Crippen LogP contribution in [-0.2, 0) is 16.0 Å². The van der Waals surface area contributed by atoms with Crippen molar-refractivity contribution in [3.8, 4) is 0 Å². The fourth-order valence-corrected chi connectivity index (χ4v) is 3.15. The Bertz CT molecular complexity index is 715. The van der Waals surface area contributed by atoms with Crippen molar-refractivity contribution >= 4 is 17.7 Å². The van der Waals surface area contributed by atoms with Crippen molar-refractivity contribution in [2.45, 2.75) is 59.4 Å². The average molecular weight is 389 g/mol. The molecule has 6 heteroatoms. The number of Topliss-reactive ketones (excluding diaryl/α,β-unsaturated/α-hetero) is 1. The van der Waals surface area contributed by atoms with Gasteiger partial charge in [-0.2, -0.15) is 0 Å². The molecule has 0 spiro atoms. The molecule has 0 aromatic heterocycles. The summed E-state index contributed by atoms with van der Waals surface area (Å²) in [7, 11) is 0. The number of aryl methyl sites for hydroxylation is 1. The largest absolute Gasteiger partial charge is 0.478 e. The van der Waals surface area contributed by atoms with Crippen LogP contribution in [0.5, 0.6) is 0 Å². The topological polar surface area (TPSA) is 104 Å². The maximum absolute atomic E-state index is 12.7. The van der Waals surface area contributed by atoms with Crippen molar-refractivity contribution in [2.75, 3.05) is 6.54 Å². The van der Waals surface area contributed by atoms with Gasteiger partial charge in [0, 0.05) is 29.2 Å². The van der Waals surface area contributed by atoms with Gasteiger partial charge in [0.2, 0.25) is 0 Å². The van der Waals surface area contributed by atoms with E-state index in [1.54, 1.807) is 0 Å². The Morgan fingerprint density at radius 3 is 2.25 bits per heavy atom. The molecule has 1 atom stereocenters. The molecule has 0 radical (unpaired) electrons. The van der Waals surface area contributed by atoms with Crippen molar-refractivity contribution in [2.24, 2.45) is 5.41 Å². The smallest absolute Gasteiger partial charge is 0.328 e. The van der Waals surface area contributed by atoms with E-state index in [-0.39, 0.29) is 11.2 Å². The molecule has 0 fully saturated rings. The molecule has 1 aliphatic rings. The first-order chi connectivity index (χ1) is 13.1. The number of carbonyl (C=O) groups excluding carboxylic acids is 1. The van der Waals surface area contributed by atoms with Crippen LogP contribution in [-0.4, -0.2) is 34.5 Å². The third-order valence-electron chi connectivity index (χ3n) is 4.42. The van der Waals surface area contributed by atoms with Gasteiger partial charge in [-0.3, -0.25) is 4.79 Å². The van der Waals surface area contributed by atoms with Gasteiger partial charge < -0.3 is 15.5 Å². The Labute approximate surface area is 166 Å². The van der Waals surface area contributed by atoms with Gasteiger partial charge in [0.1, 0.15) is 0 Å². The van der Waals surface area contributed by atoms with E-state index in [1.165, 1.54) is 17.5 Å². The van der Waals surface area contributed by atoms with Crippen LogP contribution in [0.3, 0.4) is 0 Å². The predicted molar refractivity (Wildman–Crippen MR) is 109 cm³/mol. The number of carboxylic acids is 2. The highest BCUT2D eigenvalue weighted by atomic mass is 16.4. The molecule has 0 saturated carbocycles. The molecule has 0 aliphatic heterocycles. The minimum atomic E-state index is -1.26. The third-order valence-corrected chi connectivity index (χ3v) is 4.42. The van der Waals surface area contributed by atoms with Gasteiger partial charge in [-0.05, 0) is 43.4 Å². The molecule has 28 heavy (non-hydrogen) atoms.